The molecule has 6 heteroatoms. The van der Waals surface area contributed by atoms with E-state index in [0.29, 0.717) is 17.8 Å². The van der Waals surface area contributed by atoms with Crippen molar-refractivity contribution in [3.8, 4) is 0 Å². The van der Waals surface area contributed by atoms with Gasteiger partial charge >= 0.3 is 0 Å². The van der Waals surface area contributed by atoms with Crippen LogP contribution in [0.4, 0.5) is 5.69 Å². The number of nitrogens with one attached hydrogen (secondary N) is 2. The summed E-state index contributed by atoms with van der Waals surface area (Å²) in [4.78, 5) is 12.3. The van der Waals surface area contributed by atoms with Gasteiger partial charge in [0.15, 0.2) is 9.84 Å². The minimum absolute atomic E-state index is 0.0121. The highest BCUT2D eigenvalue weighted by Crippen LogP contribution is 2.18. The molecule has 0 saturated carbocycles. The van der Waals surface area contributed by atoms with Crippen LogP contribution in [0.1, 0.15) is 24.0 Å². The van der Waals surface area contributed by atoms with Gasteiger partial charge in [0.1, 0.15) is 0 Å². The fourth-order valence-electron chi connectivity index (χ4n) is 3.19. The Hall–Kier alpha value is -2.18. The number of sulfone groups is 1. The van der Waals surface area contributed by atoms with Gasteiger partial charge in [0, 0.05) is 12.2 Å². The van der Waals surface area contributed by atoms with Crippen molar-refractivity contribution in [2.24, 2.45) is 5.92 Å². The fourth-order valence-corrected chi connectivity index (χ4v) is 4.68. The zero-order valence-corrected chi connectivity index (χ0v) is 15.5. The summed E-state index contributed by atoms with van der Waals surface area (Å²) in [5, 5.41) is 6.14. The third kappa shape index (κ3) is 5.41. The molecule has 0 spiro atoms. The van der Waals surface area contributed by atoms with Gasteiger partial charge in [-0.15, -0.1) is 0 Å². The lowest BCUT2D eigenvalue weighted by atomic mass is 9.99. The summed E-state index contributed by atoms with van der Waals surface area (Å²) >= 11 is 0. The third-order valence-corrected chi connectivity index (χ3v) is 6.02. The number of piperidine rings is 1. The second kappa shape index (κ2) is 8.47. The first-order valence-electron chi connectivity index (χ1n) is 8.87. The maximum atomic E-state index is 12.5. The smallest absolute Gasteiger partial charge is 0.228 e. The molecule has 1 aliphatic heterocycles. The van der Waals surface area contributed by atoms with E-state index in [1.54, 1.807) is 24.3 Å². The van der Waals surface area contributed by atoms with Crippen molar-refractivity contribution in [2.45, 2.75) is 24.3 Å². The van der Waals surface area contributed by atoms with E-state index >= 15 is 0 Å². The van der Waals surface area contributed by atoms with Crippen LogP contribution >= 0.6 is 0 Å². The van der Waals surface area contributed by atoms with Gasteiger partial charge in [-0.25, -0.2) is 8.42 Å². The molecule has 0 aromatic heterocycles. The number of rotatable bonds is 6. The van der Waals surface area contributed by atoms with Crippen LogP contribution < -0.4 is 10.6 Å². The fraction of sp³-hybridized carbons (Fsp3) is 0.350. The van der Waals surface area contributed by atoms with Crippen molar-refractivity contribution in [3.05, 3.63) is 65.7 Å². The van der Waals surface area contributed by atoms with Crippen LogP contribution in [-0.4, -0.2) is 27.4 Å². The van der Waals surface area contributed by atoms with Gasteiger partial charge in [0.05, 0.1) is 17.4 Å². The molecular formula is C20H24N2O3S. The third-order valence-electron chi connectivity index (χ3n) is 4.48. The molecule has 1 unspecified atom stereocenters. The van der Waals surface area contributed by atoms with Crippen molar-refractivity contribution in [3.63, 3.8) is 0 Å². The second-order valence-corrected chi connectivity index (χ2v) is 8.82. The molecule has 5 nitrogen and oxygen atoms in total. The predicted octanol–water partition coefficient (Wildman–Crippen LogP) is 2.74. The molecule has 2 aromatic carbocycles. The van der Waals surface area contributed by atoms with Gasteiger partial charge in [-0.2, -0.15) is 0 Å². The Labute approximate surface area is 154 Å². The van der Waals surface area contributed by atoms with E-state index in [4.69, 9.17) is 0 Å². The number of carbonyl (C=O) groups is 1. The van der Waals surface area contributed by atoms with Crippen LogP contribution in [0.25, 0.3) is 0 Å². The van der Waals surface area contributed by atoms with Gasteiger partial charge in [-0.05, 0) is 42.6 Å². The van der Waals surface area contributed by atoms with E-state index in [2.05, 4.69) is 10.6 Å². The molecule has 1 saturated heterocycles. The molecule has 1 heterocycles. The van der Waals surface area contributed by atoms with E-state index in [0.717, 1.165) is 24.9 Å². The average Bonchev–Trinajstić information content (AvgIpc) is 2.62. The Kier molecular flexibility index (Phi) is 6.06. The Morgan fingerprint density at radius 3 is 2.50 bits per heavy atom. The lowest BCUT2D eigenvalue weighted by Gasteiger charge is -2.22. The topological polar surface area (TPSA) is 75.3 Å². The molecule has 138 valence electrons. The molecule has 0 aliphatic carbocycles. The Morgan fingerprint density at radius 1 is 1.04 bits per heavy atom. The summed E-state index contributed by atoms with van der Waals surface area (Å²) in [5.41, 5.74) is 2.11. The van der Waals surface area contributed by atoms with Gasteiger partial charge in [0.2, 0.25) is 5.91 Å². The van der Waals surface area contributed by atoms with Crippen molar-refractivity contribution >= 4 is 21.4 Å². The molecule has 1 amide bonds. The molecule has 1 aliphatic rings. The van der Waals surface area contributed by atoms with Crippen LogP contribution in [0.5, 0.6) is 0 Å². The maximum absolute atomic E-state index is 12.5. The van der Waals surface area contributed by atoms with Crippen molar-refractivity contribution in [1.29, 1.82) is 0 Å². The molecule has 1 atom stereocenters. The molecule has 1 fully saturated rings. The number of amides is 1. The van der Waals surface area contributed by atoms with Crippen molar-refractivity contribution in [2.75, 3.05) is 18.4 Å². The summed E-state index contributed by atoms with van der Waals surface area (Å²) in [6.07, 6.45) is 1.87. The van der Waals surface area contributed by atoms with Crippen LogP contribution in [-0.2, 0) is 26.1 Å². The first kappa shape index (κ1) is 18.6. The lowest BCUT2D eigenvalue weighted by Crippen LogP contribution is -2.37. The zero-order chi connectivity index (χ0) is 18.4. The van der Waals surface area contributed by atoms with Crippen LogP contribution in [0.2, 0.25) is 0 Å². The largest absolute Gasteiger partial charge is 0.326 e. The lowest BCUT2D eigenvalue weighted by molar-refractivity contribution is -0.120. The molecule has 3 rings (SSSR count). The predicted molar refractivity (Wildman–Crippen MR) is 103 cm³/mol. The van der Waals surface area contributed by atoms with Crippen LogP contribution in [0.15, 0.2) is 54.6 Å². The minimum Gasteiger partial charge on any atom is -0.326 e. The summed E-state index contributed by atoms with van der Waals surface area (Å²) in [6, 6.07) is 16.3. The number of hydrogen-bond acceptors (Lipinski definition) is 4. The van der Waals surface area contributed by atoms with Gasteiger partial charge in [-0.3, -0.25) is 4.79 Å². The zero-order valence-electron chi connectivity index (χ0n) is 14.6. The molecule has 26 heavy (non-hydrogen) atoms. The molecule has 2 N–H and O–H groups in total. The maximum Gasteiger partial charge on any atom is 0.228 e. The summed E-state index contributed by atoms with van der Waals surface area (Å²) in [6.45, 7) is 1.65. The molecule has 0 radical (unpaired) electrons. The number of hydrogen-bond donors (Lipinski definition) is 2. The SMILES string of the molecule is O=C(Nc1cccc(CS(=O)(=O)Cc2ccccc2)c1)C1CCCNC1. The normalized spacial score (nSPS) is 17.6. The van der Waals surface area contributed by atoms with Crippen molar-refractivity contribution < 1.29 is 13.2 Å². The molecular weight excluding hydrogens is 348 g/mol. The second-order valence-electron chi connectivity index (χ2n) is 6.75. The molecule has 0 bridgehead atoms. The number of anilines is 1. The van der Waals surface area contributed by atoms with Gasteiger partial charge in [-0.1, -0.05) is 42.5 Å². The van der Waals surface area contributed by atoms with Gasteiger partial charge < -0.3 is 10.6 Å². The monoisotopic (exact) mass is 372 g/mol. The summed E-state index contributed by atoms with van der Waals surface area (Å²) in [5.74, 6) is -0.0786. The Morgan fingerprint density at radius 2 is 1.77 bits per heavy atom. The Bertz CT molecular complexity index is 844. The van der Waals surface area contributed by atoms with E-state index < -0.39 is 9.84 Å². The van der Waals surface area contributed by atoms with E-state index in [1.165, 1.54) is 0 Å². The van der Waals surface area contributed by atoms with Gasteiger partial charge in [0.25, 0.3) is 0 Å². The quantitative estimate of drug-likeness (QED) is 0.818. The first-order valence-corrected chi connectivity index (χ1v) is 10.7. The summed E-state index contributed by atoms with van der Waals surface area (Å²) in [7, 11) is -3.28. The Balaban J connectivity index is 1.64. The highest BCUT2D eigenvalue weighted by molar-refractivity contribution is 7.89. The van der Waals surface area contributed by atoms with Crippen LogP contribution in [0.3, 0.4) is 0 Å². The number of carbonyl (C=O) groups excluding carboxylic acids is 1. The number of benzene rings is 2. The minimum atomic E-state index is -3.28. The molecule has 2 aromatic rings. The van der Waals surface area contributed by atoms with E-state index in [-0.39, 0.29) is 23.3 Å². The van der Waals surface area contributed by atoms with E-state index in [9.17, 15) is 13.2 Å². The highest BCUT2D eigenvalue weighted by Gasteiger charge is 2.21. The standard InChI is InChI=1S/C20H24N2O3S/c23-20(18-9-5-11-21-13-18)22-19-10-4-8-17(12-19)15-26(24,25)14-16-6-2-1-3-7-16/h1-4,6-8,10,12,18,21H,5,9,11,13-15H2,(H,22,23). The van der Waals surface area contributed by atoms with Crippen LogP contribution in [0, 0.1) is 5.92 Å². The summed E-state index contributed by atoms with van der Waals surface area (Å²) < 4.78 is 24.9. The first-order chi connectivity index (χ1) is 12.5. The highest BCUT2D eigenvalue weighted by atomic mass is 32.2. The van der Waals surface area contributed by atoms with E-state index in [1.807, 2.05) is 30.3 Å². The van der Waals surface area contributed by atoms with Crippen molar-refractivity contribution in [1.82, 2.24) is 5.32 Å². The average molecular weight is 372 g/mol.